The van der Waals surface area contributed by atoms with Gasteiger partial charge in [-0.25, -0.2) is 9.50 Å². The Kier molecular flexibility index (Phi) is 1.81. The lowest BCUT2D eigenvalue weighted by atomic mass is 10.3. The van der Waals surface area contributed by atoms with E-state index in [1.54, 1.807) is 22.8 Å². The number of fused-ring (bicyclic) bond motifs is 1. The van der Waals surface area contributed by atoms with E-state index in [2.05, 4.69) is 10.1 Å². The van der Waals surface area contributed by atoms with Crippen molar-refractivity contribution in [3.63, 3.8) is 0 Å². The Labute approximate surface area is 75.2 Å². The molecule has 4 nitrogen and oxygen atoms in total. The lowest BCUT2D eigenvalue weighted by Gasteiger charge is -1.90. The second-order valence-corrected chi connectivity index (χ2v) is 2.76. The van der Waals surface area contributed by atoms with Crippen LogP contribution in [0.2, 0.25) is 0 Å². The monoisotopic (exact) mass is 175 g/mol. The van der Waals surface area contributed by atoms with E-state index in [9.17, 15) is 4.79 Å². The lowest BCUT2D eigenvalue weighted by molar-refractivity contribution is 0.112. The van der Waals surface area contributed by atoms with Crippen LogP contribution in [0.1, 0.15) is 23.1 Å². The van der Waals surface area contributed by atoms with Gasteiger partial charge in [-0.1, -0.05) is 6.92 Å². The fraction of sp³-hybridized carbons (Fsp3) is 0.222. The quantitative estimate of drug-likeness (QED) is 0.642. The molecule has 13 heavy (non-hydrogen) atoms. The van der Waals surface area contributed by atoms with Crippen LogP contribution in [-0.2, 0) is 6.42 Å². The van der Waals surface area contributed by atoms with Crippen molar-refractivity contribution >= 4 is 11.9 Å². The summed E-state index contributed by atoms with van der Waals surface area (Å²) >= 11 is 0. The van der Waals surface area contributed by atoms with E-state index in [4.69, 9.17) is 0 Å². The third-order valence-corrected chi connectivity index (χ3v) is 1.86. The van der Waals surface area contributed by atoms with Crippen molar-refractivity contribution in [2.45, 2.75) is 13.3 Å². The predicted octanol–water partition coefficient (Wildman–Crippen LogP) is 1.10. The van der Waals surface area contributed by atoms with Crippen molar-refractivity contribution in [1.82, 2.24) is 14.6 Å². The van der Waals surface area contributed by atoms with Crippen LogP contribution in [0.25, 0.3) is 5.65 Å². The molecule has 2 rings (SSSR count). The maximum atomic E-state index is 10.5. The van der Waals surface area contributed by atoms with E-state index < -0.39 is 0 Å². The number of aldehydes is 1. The molecule has 0 amide bonds. The first-order chi connectivity index (χ1) is 6.33. The molecule has 0 aliphatic carbocycles. The minimum absolute atomic E-state index is 0.627. The second kappa shape index (κ2) is 2.97. The highest BCUT2D eigenvalue weighted by Gasteiger charge is 2.01. The van der Waals surface area contributed by atoms with E-state index in [1.165, 1.54) is 0 Å². The zero-order valence-corrected chi connectivity index (χ0v) is 7.27. The maximum Gasteiger partial charge on any atom is 0.156 e. The fourth-order valence-corrected chi connectivity index (χ4v) is 1.17. The molecular formula is C9H9N3O. The summed E-state index contributed by atoms with van der Waals surface area (Å²) in [6, 6.07) is 3.44. The molecule has 0 fully saturated rings. The number of hydrogen-bond donors (Lipinski definition) is 0. The predicted molar refractivity (Wildman–Crippen MR) is 47.8 cm³/mol. The van der Waals surface area contributed by atoms with E-state index in [-0.39, 0.29) is 0 Å². The highest BCUT2D eigenvalue weighted by atomic mass is 16.1. The molecule has 0 saturated heterocycles. The summed E-state index contributed by atoms with van der Waals surface area (Å²) in [4.78, 5) is 14.7. The van der Waals surface area contributed by atoms with Gasteiger partial charge in [-0.15, -0.1) is 0 Å². The molecule has 0 saturated carbocycles. The van der Waals surface area contributed by atoms with Crippen LogP contribution in [0.3, 0.4) is 0 Å². The van der Waals surface area contributed by atoms with Crippen LogP contribution >= 0.6 is 0 Å². The Morgan fingerprint density at radius 3 is 3.15 bits per heavy atom. The third-order valence-electron chi connectivity index (χ3n) is 1.86. The van der Waals surface area contributed by atoms with Crippen molar-refractivity contribution in [3.8, 4) is 0 Å². The summed E-state index contributed by atoms with van der Waals surface area (Å²) in [5.74, 6) is 0.794. The molecule has 2 heterocycles. The van der Waals surface area contributed by atoms with Gasteiger partial charge in [0.25, 0.3) is 0 Å². The zero-order chi connectivity index (χ0) is 9.26. The Bertz CT molecular complexity index is 447. The molecule has 2 aromatic heterocycles. The van der Waals surface area contributed by atoms with Gasteiger partial charge in [0.2, 0.25) is 0 Å². The summed E-state index contributed by atoms with van der Waals surface area (Å²) < 4.78 is 1.67. The standard InChI is InChI=1S/C9H9N3O/c1-2-8-10-9-5-7(6-13)3-4-12(9)11-8/h3-6H,2H2,1H3. The number of pyridine rings is 1. The van der Waals surface area contributed by atoms with Crippen LogP contribution in [0, 0.1) is 0 Å². The summed E-state index contributed by atoms with van der Waals surface area (Å²) in [5, 5.41) is 4.20. The minimum atomic E-state index is 0.627. The zero-order valence-electron chi connectivity index (χ0n) is 7.27. The molecule has 0 atom stereocenters. The summed E-state index contributed by atoms with van der Waals surface area (Å²) in [6.07, 6.45) is 3.35. The van der Waals surface area contributed by atoms with E-state index >= 15 is 0 Å². The number of rotatable bonds is 2. The summed E-state index contributed by atoms with van der Waals surface area (Å²) in [7, 11) is 0. The van der Waals surface area contributed by atoms with Crippen LogP contribution < -0.4 is 0 Å². The summed E-state index contributed by atoms with van der Waals surface area (Å²) in [6.45, 7) is 2.00. The van der Waals surface area contributed by atoms with Crippen LogP contribution in [0.5, 0.6) is 0 Å². The van der Waals surface area contributed by atoms with E-state index in [1.807, 2.05) is 6.92 Å². The molecule has 0 N–H and O–H groups in total. The molecule has 0 spiro atoms. The van der Waals surface area contributed by atoms with Crippen molar-refractivity contribution in [2.75, 3.05) is 0 Å². The number of carbonyl (C=O) groups excluding carboxylic acids is 1. The van der Waals surface area contributed by atoms with Gasteiger partial charge < -0.3 is 0 Å². The molecule has 66 valence electrons. The van der Waals surface area contributed by atoms with Gasteiger partial charge in [0.15, 0.2) is 11.5 Å². The van der Waals surface area contributed by atoms with Crippen molar-refractivity contribution in [2.24, 2.45) is 0 Å². The first-order valence-corrected chi connectivity index (χ1v) is 4.14. The average molecular weight is 175 g/mol. The second-order valence-electron chi connectivity index (χ2n) is 2.76. The van der Waals surface area contributed by atoms with Gasteiger partial charge in [0.1, 0.15) is 6.29 Å². The highest BCUT2D eigenvalue weighted by Crippen LogP contribution is 2.03. The topological polar surface area (TPSA) is 47.3 Å². The third kappa shape index (κ3) is 1.30. The number of aromatic nitrogens is 3. The van der Waals surface area contributed by atoms with Crippen molar-refractivity contribution in [1.29, 1.82) is 0 Å². The van der Waals surface area contributed by atoms with Gasteiger partial charge in [-0.3, -0.25) is 4.79 Å². The van der Waals surface area contributed by atoms with Crippen molar-refractivity contribution in [3.05, 3.63) is 29.7 Å². The SMILES string of the molecule is CCc1nc2cc(C=O)ccn2n1. The minimum Gasteiger partial charge on any atom is -0.298 e. The number of aryl methyl sites for hydroxylation is 1. The number of hydrogen-bond acceptors (Lipinski definition) is 3. The van der Waals surface area contributed by atoms with Crippen LogP contribution in [0.15, 0.2) is 18.3 Å². The molecule has 2 aromatic rings. The molecular weight excluding hydrogens is 166 g/mol. The molecule has 0 aromatic carbocycles. The number of nitrogens with zero attached hydrogens (tertiary/aromatic N) is 3. The average Bonchev–Trinajstić information content (AvgIpc) is 2.58. The highest BCUT2D eigenvalue weighted by molar-refractivity contribution is 5.76. The maximum absolute atomic E-state index is 10.5. The largest absolute Gasteiger partial charge is 0.298 e. The molecule has 0 aliphatic heterocycles. The van der Waals surface area contributed by atoms with E-state index in [0.29, 0.717) is 5.56 Å². The van der Waals surface area contributed by atoms with E-state index in [0.717, 1.165) is 24.2 Å². The first kappa shape index (κ1) is 7.91. The molecule has 4 heteroatoms. The molecule has 0 aliphatic rings. The van der Waals surface area contributed by atoms with Gasteiger partial charge in [-0.05, 0) is 12.1 Å². The normalized spacial score (nSPS) is 10.5. The van der Waals surface area contributed by atoms with Crippen molar-refractivity contribution < 1.29 is 4.79 Å². The Hall–Kier alpha value is -1.71. The van der Waals surface area contributed by atoms with Gasteiger partial charge in [-0.2, -0.15) is 5.10 Å². The van der Waals surface area contributed by atoms with Crippen LogP contribution in [0.4, 0.5) is 0 Å². The molecule has 0 radical (unpaired) electrons. The Morgan fingerprint density at radius 1 is 1.62 bits per heavy atom. The number of carbonyl (C=O) groups is 1. The first-order valence-electron chi connectivity index (χ1n) is 4.14. The Morgan fingerprint density at radius 2 is 2.46 bits per heavy atom. The van der Waals surface area contributed by atoms with Crippen LogP contribution in [-0.4, -0.2) is 20.9 Å². The molecule has 0 unspecified atom stereocenters. The molecule has 0 bridgehead atoms. The van der Waals surface area contributed by atoms with Gasteiger partial charge in [0, 0.05) is 18.2 Å². The van der Waals surface area contributed by atoms with Gasteiger partial charge >= 0.3 is 0 Å². The Balaban J connectivity index is 2.63. The smallest absolute Gasteiger partial charge is 0.156 e. The van der Waals surface area contributed by atoms with Gasteiger partial charge in [0.05, 0.1) is 0 Å². The fourth-order valence-electron chi connectivity index (χ4n) is 1.17. The summed E-state index contributed by atoms with van der Waals surface area (Å²) in [5.41, 5.74) is 1.35. The lowest BCUT2D eigenvalue weighted by Crippen LogP contribution is -1.89.